The lowest BCUT2D eigenvalue weighted by Crippen LogP contribution is -2.23. The van der Waals surface area contributed by atoms with E-state index in [1.165, 1.54) is 13.3 Å². The highest BCUT2D eigenvalue weighted by atomic mass is 35.5. The average molecular weight is 566 g/mol. The number of amides is 1. The van der Waals surface area contributed by atoms with E-state index in [-0.39, 0.29) is 24.7 Å². The number of para-hydroxylation sites is 2. The van der Waals surface area contributed by atoms with Crippen molar-refractivity contribution in [1.82, 2.24) is 25.3 Å². The maximum Gasteiger partial charge on any atom is 0.260 e. The van der Waals surface area contributed by atoms with Gasteiger partial charge in [0.25, 0.3) is 5.91 Å². The van der Waals surface area contributed by atoms with Gasteiger partial charge in [-0.15, -0.1) is 0 Å². The van der Waals surface area contributed by atoms with Gasteiger partial charge >= 0.3 is 0 Å². The summed E-state index contributed by atoms with van der Waals surface area (Å²) >= 11 is 12.2. The van der Waals surface area contributed by atoms with E-state index in [9.17, 15) is 4.79 Å². The van der Waals surface area contributed by atoms with Crippen molar-refractivity contribution < 1.29 is 18.9 Å². The second-order valence-electron chi connectivity index (χ2n) is 8.24. The first-order valence-electron chi connectivity index (χ1n) is 11.5. The van der Waals surface area contributed by atoms with Gasteiger partial charge in [0, 0.05) is 15.6 Å². The molecule has 2 heterocycles. The van der Waals surface area contributed by atoms with Gasteiger partial charge in [-0.05, 0) is 58.3 Å². The topological polar surface area (TPSA) is 143 Å². The van der Waals surface area contributed by atoms with Crippen LogP contribution >= 0.6 is 23.2 Å². The molecule has 0 saturated heterocycles. The van der Waals surface area contributed by atoms with Crippen molar-refractivity contribution in [3.8, 4) is 23.0 Å². The summed E-state index contributed by atoms with van der Waals surface area (Å²) in [5, 5.41) is 12.6. The van der Waals surface area contributed by atoms with Crippen LogP contribution < -0.4 is 20.6 Å². The Morgan fingerprint density at radius 1 is 1.13 bits per heavy atom. The van der Waals surface area contributed by atoms with Crippen molar-refractivity contribution in [1.29, 1.82) is 0 Å². The molecule has 13 heteroatoms. The largest absolute Gasteiger partial charge is 0.493 e. The van der Waals surface area contributed by atoms with Crippen LogP contribution in [0.3, 0.4) is 0 Å². The van der Waals surface area contributed by atoms with E-state index in [0.29, 0.717) is 44.0 Å². The average Bonchev–Trinajstić information content (AvgIpc) is 3.51. The third-order valence-corrected chi connectivity index (χ3v) is 6.26. The Labute approximate surface area is 232 Å². The third kappa shape index (κ3) is 5.79. The van der Waals surface area contributed by atoms with E-state index in [1.54, 1.807) is 41.0 Å². The van der Waals surface area contributed by atoms with Crippen molar-refractivity contribution in [2.24, 2.45) is 5.10 Å². The van der Waals surface area contributed by atoms with Gasteiger partial charge < -0.3 is 19.8 Å². The van der Waals surface area contributed by atoms with Crippen LogP contribution in [0.15, 0.2) is 70.4 Å². The van der Waals surface area contributed by atoms with Gasteiger partial charge in [-0.25, -0.2) is 15.0 Å². The quantitative estimate of drug-likeness (QED) is 0.193. The molecule has 3 N–H and O–H groups in total. The molecule has 0 atom stereocenters. The number of fused-ring (bicyclic) bond motifs is 1. The Kier molecular flexibility index (Phi) is 7.62. The molecule has 0 radical (unpaired) electrons. The summed E-state index contributed by atoms with van der Waals surface area (Å²) in [4.78, 5) is 17.3. The number of nitrogens with zero attached hydrogens (tertiary/aromatic N) is 5. The van der Waals surface area contributed by atoms with E-state index in [0.717, 1.165) is 5.56 Å². The Balaban J connectivity index is 1.26. The molecule has 1 amide bonds. The van der Waals surface area contributed by atoms with Crippen molar-refractivity contribution in [3.05, 3.63) is 81.8 Å². The number of hydrogen-bond acceptors (Lipinski definition) is 9. The normalized spacial score (nSPS) is 11.3. The smallest absolute Gasteiger partial charge is 0.260 e. The molecule has 3 aromatic carbocycles. The molecule has 0 aliphatic heterocycles. The lowest BCUT2D eigenvalue weighted by Gasteiger charge is -2.12. The van der Waals surface area contributed by atoms with Crippen LogP contribution in [0.4, 0.5) is 5.82 Å². The fraction of sp³-hybridized carbons (Fsp3) is 0.115. The first-order valence-corrected chi connectivity index (χ1v) is 12.3. The number of carbonyl (C=O) groups excluding carboxylic acids is 1. The van der Waals surface area contributed by atoms with Gasteiger partial charge in [0.1, 0.15) is 13.2 Å². The molecular formula is C26H21Cl2N7O4. The number of nitrogens with two attached hydrogens (primary N) is 1. The van der Waals surface area contributed by atoms with E-state index < -0.39 is 5.91 Å². The van der Waals surface area contributed by atoms with Gasteiger partial charge in [0.2, 0.25) is 0 Å². The van der Waals surface area contributed by atoms with Crippen LogP contribution in [0.5, 0.6) is 11.5 Å². The number of halogens is 2. The molecular weight excluding hydrogens is 545 g/mol. The van der Waals surface area contributed by atoms with E-state index in [2.05, 4.69) is 25.8 Å². The minimum Gasteiger partial charge on any atom is -0.493 e. The number of rotatable bonds is 9. The zero-order valence-electron chi connectivity index (χ0n) is 20.5. The van der Waals surface area contributed by atoms with Crippen molar-refractivity contribution >= 4 is 52.2 Å². The highest BCUT2D eigenvalue weighted by Gasteiger charge is 2.20. The van der Waals surface area contributed by atoms with Crippen molar-refractivity contribution in [2.75, 3.05) is 12.8 Å². The van der Waals surface area contributed by atoms with Crippen LogP contribution in [0, 0.1) is 0 Å². The fourth-order valence-electron chi connectivity index (χ4n) is 3.80. The second-order valence-corrected chi connectivity index (χ2v) is 9.08. The standard InChI is InChI=1S/C26H21Cl2N7O4/c1-37-22-10-15(6-9-21(22)38-14-16-7-8-17(27)11-18(16)28)12-30-32-23(36)13-35-20-5-3-2-4-19(20)31-26(35)24-25(29)34-39-33-24/h2-12H,13-14H2,1H3,(H2,29,34)(H,32,36)/b30-12-. The molecule has 5 aromatic rings. The van der Waals surface area contributed by atoms with E-state index in [4.69, 9.17) is 43.0 Å². The van der Waals surface area contributed by atoms with Crippen LogP contribution in [-0.4, -0.2) is 39.1 Å². The molecule has 11 nitrogen and oxygen atoms in total. The summed E-state index contributed by atoms with van der Waals surface area (Å²) in [6.07, 6.45) is 1.49. The summed E-state index contributed by atoms with van der Waals surface area (Å²) in [7, 11) is 1.53. The molecule has 39 heavy (non-hydrogen) atoms. The van der Waals surface area contributed by atoms with Crippen LogP contribution in [-0.2, 0) is 17.9 Å². The number of nitrogens with one attached hydrogen (secondary N) is 1. The summed E-state index contributed by atoms with van der Waals surface area (Å²) in [5.41, 5.74) is 11.5. The lowest BCUT2D eigenvalue weighted by molar-refractivity contribution is -0.121. The molecule has 5 rings (SSSR count). The predicted molar refractivity (Wildman–Crippen MR) is 147 cm³/mol. The minimum absolute atomic E-state index is 0.0719. The molecule has 0 aliphatic carbocycles. The third-order valence-electron chi connectivity index (χ3n) is 5.67. The molecule has 2 aromatic heterocycles. The molecule has 0 bridgehead atoms. The first-order chi connectivity index (χ1) is 18.9. The van der Waals surface area contributed by atoms with Crippen molar-refractivity contribution in [2.45, 2.75) is 13.2 Å². The van der Waals surface area contributed by atoms with Gasteiger partial charge in [-0.3, -0.25) is 4.79 Å². The van der Waals surface area contributed by atoms with Crippen LogP contribution in [0.1, 0.15) is 11.1 Å². The van der Waals surface area contributed by atoms with E-state index >= 15 is 0 Å². The van der Waals surface area contributed by atoms with Crippen LogP contribution in [0.2, 0.25) is 10.0 Å². The first kappa shape index (κ1) is 26.0. The number of aromatic nitrogens is 4. The Morgan fingerprint density at radius 3 is 2.74 bits per heavy atom. The number of hydrazone groups is 1. The number of hydrogen-bond donors (Lipinski definition) is 2. The monoisotopic (exact) mass is 565 g/mol. The zero-order chi connectivity index (χ0) is 27.4. The molecule has 0 fully saturated rings. The lowest BCUT2D eigenvalue weighted by atomic mass is 10.2. The predicted octanol–water partition coefficient (Wildman–Crippen LogP) is 4.71. The van der Waals surface area contributed by atoms with Gasteiger partial charge in [-0.1, -0.05) is 41.4 Å². The minimum atomic E-state index is -0.391. The fourth-order valence-corrected chi connectivity index (χ4v) is 4.27. The summed E-state index contributed by atoms with van der Waals surface area (Å²) in [6, 6.07) is 17.8. The Hall–Kier alpha value is -4.61. The molecule has 0 saturated carbocycles. The van der Waals surface area contributed by atoms with Crippen LogP contribution in [0.25, 0.3) is 22.6 Å². The maximum atomic E-state index is 12.8. The Morgan fingerprint density at radius 2 is 1.97 bits per heavy atom. The highest BCUT2D eigenvalue weighted by molar-refractivity contribution is 6.35. The van der Waals surface area contributed by atoms with Gasteiger partial charge in [0.05, 0.1) is 24.4 Å². The van der Waals surface area contributed by atoms with Gasteiger partial charge in [-0.2, -0.15) is 5.10 Å². The summed E-state index contributed by atoms with van der Waals surface area (Å²) < 4.78 is 17.7. The second kappa shape index (κ2) is 11.4. The summed E-state index contributed by atoms with van der Waals surface area (Å²) in [6.45, 7) is 0.139. The molecule has 0 unspecified atom stereocenters. The molecule has 198 valence electrons. The van der Waals surface area contributed by atoms with E-state index in [1.807, 2.05) is 24.3 Å². The highest BCUT2D eigenvalue weighted by Crippen LogP contribution is 2.30. The maximum absolute atomic E-state index is 12.8. The number of nitrogen functional groups attached to an aromatic ring is 1. The summed E-state index contributed by atoms with van der Waals surface area (Å²) in [5.74, 6) is 1.05. The number of ether oxygens (including phenoxy) is 2. The number of carbonyl (C=O) groups is 1. The molecule has 0 spiro atoms. The van der Waals surface area contributed by atoms with Crippen molar-refractivity contribution in [3.63, 3.8) is 0 Å². The SMILES string of the molecule is COc1cc(/C=N\NC(=O)Cn2c(-c3nonc3N)nc3ccccc32)ccc1OCc1ccc(Cl)cc1Cl. The number of methoxy groups -OCH3 is 1. The zero-order valence-corrected chi connectivity index (χ0v) is 22.0. The molecule has 0 aliphatic rings. The number of benzene rings is 3. The number of imidazole rings is 1. The van der Waals surface area contributed by atoms with Gasteiger partial charge in [0.15, 0.2) is 28.8 Å². The number of anilines is 1. The Bertz CT molecular complexity index is 1680.